The number of para-hydroxylation sites is 1. The Kier molecular flexibility index (Phi) is 6.25. The van der Waals surface area contributed by atoms with Gasteiger partial charge in [0.25, 0.3) is 0 Å². The number of nitrogens with zero attached hydrogens (tertiary/aromatic N) is 1. The summed E-state index contributed by atoms with van der Waals surface area (Å²) in [4.78, 5) is 13.4. The first-order valence-electron chi connectivity index (χ1n) is 8.81. The Morgan fingerprint density at radius 1 is 1.07 bits per heavy atom. The van der Waals surface area contributed by atoms with Gasteiger partial charge < -0.3 is 9.64 Å². The van der Waals surface area contributed by atoms with Crippen LogP contribution in [0.4, 0.5) is 13.6 Å². The molecular formula is C19H20F2N2O4S. The van der Waals surface area contributed by atoms with E-state index in [9.17, 15) is 22.0 Å². The van der Waals surface area contributed by atoms with Gasteiger partial charge in [-0.25, -0.2) is 26.7 Å². The van der Waals surface area contributed by atoms with Crippen LogP contribution >= 0.6 is 0 Å². The monoisotopic (exact) mass is 410 g/mol. The number of carbonyl (C=O) groups excluding carboxylic acids is 1. The van der Waals surface area contributed by atoms with Crippen molar-refractivity contribution in [3.05, 3.63) is 60.2 Å². The van der Waals surface area contributed by atoms with E-state index < -0.39 is 27.8 Å². The van der Waals surface area contributed by atoms with Crippen molar-refractivity contribution in [2.45, 2.75) is 17.7 Å². The SMILES string of the molecule is O=C(Oc1ccccc1)N1CCC(CNS(=O)(=O)c2ccc(F)c(F)c2)CC1. The summed E-state index contributed by atoms with van der Waals surface area (Å²) in [5.74, 6) is -1.82. The smallest absolute Gasteiger partial charge is 0.410 e. The highest BCUT2D eigenvalue weighted by atomic mass is 32.2. The Morgan fingerprint density at radius 2 is 1.75 bits per heavy atom. The summed E-state index contributed by atoms with van der Waals surface area (Å²) in [7, 11) is -3.93. The van der Waals surface area contributed by atoms with Crippen molar-refractivity contribution in [3.8, 4) is 5.75 Å². The number of hydrogen-bond acceptors (Lipinski definition) is 4. The molecule has 0 aromatic heterocycles. The Labute approximate surface area is 162 Å². The maximum absolute atomic E-state index is 13.3. The highest BCUT2D eigenvalue weighted by Gasteiger charge is 2.26. The summed E-state index contributed by atoms with van der Waals surface area (Å²) in [5.41, 5.74) is 0. The predicted octanol–water partition coefficient (Wildman–Crippen LogP) is 3.15. The van der Waals surface area contributed by atoms with Gasteiger partial charge in [0.15, 0.2) is 11.6 Å². The normalized spacial score (nSPS) is 15.4. The first kappa shape index (κ1) is 20.2. The fourth-order valence-corrected chi connectivity index (χ4v) is 4.06. The number of likely N-dealkylation sites (tertiary alicyclic amines) is 1. The van der Waals surface area contributed by atoms with Crippen molar-refractivity contribution in [1.82, 2.24) is 9.62 Å². The minimum atomic E-state index is -3.93. The zero-order valence-corrected chi connectivity index (χ0v) is 15.8. The number of halogens is 2. The molecule has 1 aliphatic heterocycles. The highest BCUT2D eigenvalue weighted by Crippen LogP contribution is 2.20. The quantitative estimate of drug-likeness (QED) is 0.822. The van der Waals surface area contributed by atoms with Crippen LogP contribution in [0.3, 0.4) is 0 Å². The summed E-state index contributed by atoms with van der Waals surface area (Å²) in [6, 6.07) is 11.2. The van der Waals surface area contributed by atoms with E-state index in [1.54, 1.807) is 29.2 Å². The molecule has 0 spiro atoms. The number of amides is 1. The van der Waals surface area contributed by atoms with Crippen molar-refractivity contribution in [3.63, 3.8) is 0 Å². The Bertz CT molecular complexity index is 930. The van der Waals surface area contributed by atoms with E-state index in [0.29, 0.717) is 37.7 Å². The molecule has 3 rings (SSSR count). The average Bonchev–Trinajstić information content (AvgIpc) is 2.69. The number of hydrogen-bond donors (Lipinski definition) is 1. The number of carbonyl (C=O) groups is 1. The largest absolute Gasteiger partial charge is 0.415 e. The first-order valence-corrected chi connectivity index (χ1v) is 10.3. The fraction of sp³-hybridized carbons (Fsp3) is 0.316. The summed E-state index contributed by atoms with van der Waals surface area (Å²) in [6.07, 6.45) is 0.765. The lowest BCUT2D eigenvalue weighted by Gasteiger charge is -2.31. The Balaban J connectivity index is 1.49. The van der Waals surface area contributed by atoms with Crippen molar-refractivity contribution in [2.75, 3.05) is 19.6 Å². The Hall–Kier alpha value is -2.52. The summed E-state index contributed by atoms with van der Waals surface area (Å²) in [5, 5.41) is 0. The molecule has 0 aliphatic carbocycles. The minimum absolute atomic E-state index is 0.0286. The second kappa shape index (κ2) is 8.66. The van der Waals surface area contributed by atoms with Crippen LogP contribution in [-0.2, 0) is 10.0 Å². The van der Waals surface area contributed by atoms with E-state index in [1.807, 2.05) is 6.07 Å². The molecule has 2 aromatic carbocycles. The third kappa shape index (κ3) is 5.05. The number of ether oxygens (including phenoxy) is 1. The molecule has 0 saturated carbocycles. The van der Waals surface area contributed by atoms with Gasteiger partial charge in [-0.1, -0.05) is 18.2 Å². The van der Waals surface area contributed by atoms with Gasteiger partial charge in [0.2, 0.25) is 10.0 Å². The fourth-order valence-electron chi connectivity index (χ4n) is 2.93. The van der Waals surface area contributed by atoms with Gasteiger partial charge in [-0.15, -0.1) is 0 Å². The molecule has 0 atom stereocenters. The molecule has 0 unspecified atom stereocenters. The van der Waals surface area contributed by atoms with E-state index in [0.717, 1.165) is 12.1 Å². The lowest BCUT2D eigenvalue weighted by molar-refractivity contribution is 0.131. The standard InChI is InChI=1S/C19H20F2N2O4S/c20-17-7-6-16(12-18(17)21)28(25,26)22-13-14-8-10-23(11-9-14)19(24)27-15-4-2-1-3-5-15/h1-7,12,14,22H,8-11,13H2. The molecule has 6 nitrogen and oxygen atoms in total. The van der Waals surface area contributed by atoms with E-state index >= 15 is 0 Å². The van der Waals surface area contributed by atoms with Crippen LogP contribution in [0.15, 0.2) is 53.4 Å². The van der Waals surface area contributed by atoms with Crippen molar-refractivity contribution in [2.24, 2.45) is 5.92 Å². The van der Waals surface area contributed by atoms with E-state index in [1.165, 1.54) is 0 Å². The molecule has 1 fully saturated rings. The molecule has 1 heterocycles. The molecule has 28 heavy (non-hydrogen) atoms. The molecule has 0 bridgehead atoms. The second-order valence-electron chi connectivity index (χ2n) is 6.54. The zero-order chi connectivity index (χ0) is 20.1. The van der Waals surface area contributed by atoms with Crippen LogP contribution in [0.1, 0.15) is 12.8 Å². The van der Waals surface area contributed by atoms with Crippen molar-refractivity contribution < 1.29 is 26.7 Å². The first-order chi connectivity index (χ1) is 13.3. The van der Waals surface area contributed by atoms with Crippen LogP contribution in [0, 0.1) is 17.6 Å². The van der Waals surface area contributed by atoms with Gasteiger partial charge in [-0.05, 0) is 49.1 Å². The third-order valence-corrected chi connectivity index (χ3v) is 6.01. The maximum atomic E-state index is 13.3. The van der Waals surface area contributed by atoms with Gasteiger partial charge in [0, 0.05) is 19.6 Å². The number of rotatable bonds is 5. The summed E-state index contributed by atoms with van der Waals surface area (Å²) < 4.78 is 58.4. The average molecular weight is 410 g/mol. The third-order valence-electron chi connectivity index (χ3n) is 4.58. The van der Waals surface area contributed by atoms with E-state index in [2.05, 4.69) is 4.72 Å². The molecule has 1 aliphatic rings. The predicted molar refractivity (Wildman–Crippen MR) is 98.3 cm³/mol. The Morgan fingerprint density at radius 3 is 2.39 bits per heavy atom. The molecule has 150 valence electrons. The maximum Gasteiger partial charge on any atom is 0.415 e. The number of sulfonamides is 1. The van der Waals surface area contributed by atoms with Crippen LogP contribution in [0.5, 0.6) is 5.75 Å². The second-order valence-corrected chi connectivity index (χ2v) is 8.31. The molecule has 9 heteroatoms. The molecule has 1 amide bonds. The van der Waals surface area contributed by atoms with Gasteiger partial charge in [0.1, 0.15) is 5.75 Å². The van der Waals surface area contributed by atoms with Gasteiger partial charge >= 0.3 is 6.09 Å². The van der Waals surface area contributed by atoms with E-state index in [4.69, 9.17) is 4.74 Å². The number of nitrogens with one attached hydrogen (secondary N) is 1. The van der Waals surface area contributed by atoms with Crippen LogP contribution < -0.4 is 9.46 Å². The van der Waals surface area contributed by atoms with Gasteiger partial charge in [-0.2, -0.15) is 0 Å². The van der Waals surface area contributed by atoms with Gasteiger partial charge in [0.05, 0.1) is 4.90 Å². The lowest BCUT2D eigenvalue weighted by atomic mass is 9.97. The zero-order valence-electron chi connectivity index (χ0n) is 15.0. The minimum Gasteiger partial charge on any atom is -0.410 e. The number of piperidine rings is 1. The summed E-state index contributed by atoms with van der Waals surface area (Å²) >= 11 is 0. The van der Waals surface area contributed by atoms with Crippen LogP contribution in [-0.4, -0.2) is 39.0 Å². The molecule has 1 saturated heterocycles. The summed E-state index contributed by atoms with van der Waals surface area (Å²) in [6.45, 7) is 1.05. The lowest BCUT2D eigenvalue weighted by Crippen LogP contribution is -2.42. The molecular weight excluding hydrogens is 390 g/mol. The van der Waals surface area contributed by atoms with Crippen LogP contribution in [0.2, 0.25) is 0 Å². The topological polar surface area (TPSA) is 75.7 Å². The molecule has 1 N–H and O–H groups in total. The van der Waals surface area contributed by atoms with E-state index in [-0.39, 0.29) is 17.4 Å². The highest BCUT2D eigenvalue weighted by molar-refractivity contribution is 7.89. The molecule has 0 radical (unpaired) electrons. The van der Waals surface area contributed by atoms with Crippen molar-refractivity contribution in [1.29, 1.82) is 0 Å². The number of benzene rings is 2. The van der Waals surface area contributed by atoms with Gasteiger partial charge in [-0.3, -0.25) is 0 Å². The van der Waals surface area contributed by atoms with Crippen molar-refractivity contribution >= 4 is 16.1 Å². The van der Waals surface area contributed by atoms with Crippen LogP contribution in [0.25, 0.3) is 0 Å². The molecule has 2 aromatic rings.